The van der Waals surface area contributed by atoms with Gasteiger partial charge in [-0.05, 0) is 31.2 Å². The monoisotopic (exact) mass is 382 g/mol. The van der Waals surface area contributed by atoms with Crippen LogP contribution in [0, 0.1) is 17.5 Å². The highest BCUT2D eigenvalue weighted by atomic mass is 16.5. The second-order valence-electron chi connectivity index (χ2n) is 7.11. The molecule has 0 radical (unpaired) electrons. The molecule has 1 aliphatic carbocycles. The predicted molar refractivity (Wildman–Crippen MR) is 114 cm³/mol. The topological polar surface area (TPSA) is 64.1 Å². The highest BCUT2D eigenvalue weighted by molar-refractivity contribution is 5.85. The molecule has 1 heterocycles. The second-order valence-corrected chi connectivity index (χ2v) is 7.11. The number of rotatable bonds is 2. The molecule has 0 saturated heterocycles. The Labute approximate surface area is 165 Å². The Hall–Kier alpha value is -3.86. The molecule has 5 rings (SSSR count). The molecule has 142 valence electrons. The van der Waals surface area contributed by atoms with E-state index in [1.807, 2.05) is 61.5 Å². The molecule has 0 saturated carbocycles. The van der Waals surface area contributed by atoms with Crippen LogP contribution in [0.2, 0.25) is 0 Å². The van der Waals surface area contributed by atoms with Crippen molar-refractivity contribution in [3.63, 3.8) is 0 Å². The van der Waals surface area contributed by atoms with Crippen LogP contribution in [0.1, 0.15) is 5.56 Å². The molecule has 3 aromatic rings. The summed E-state index contributed by atoms with van der Waals surface area (Å²) in [6, 6.07) is 20.4. The van der Waals surface area contributed by atoms with E-state index in [0.29, 0.717) is 33.2 Å². The molecule has 5 heteroatoms. The van der Waals surface area contributed by atoms with E-state index in [2.05, 4.69) is 4.98 Å². The van der Waals surface area contributed by atoms with E-state index in [9.17, 15) is 9.59 Å². The van der Waals surface area contributed by atoms with Crippen LogP contribution in [-0.4, -0.2) is 16.7 Å². The fraction of sp³-hybridized carbons (Fsp3) is 0.0833. The van der Waals surface area contributed by atoms with Crippen LogP contribution in [0.5, 0.6) is 5.75 Å². The highest BCUT2D eigenvalue weighted by Crippen LogP contribution is 2.22. The number of H-pyrrole nitrogens is 1. The maximum absolute atomic E-state index is 13.7. The third-order valence-electron chi connectivity index (χ3n) is 5.33. The molecule has 0 spiro atoms. The average molecular weight is 382 g/mol. The van der Waals surface area contributed by atoms with Crippen molar-refractivity contribution in [1.29, 1.82) is 0 Å². The van der Waals surface area contributed by atoms with Crippen molar-refractivity contribution >= 4 is 21.8 Å². The van der Waals surface area contributed by atoms with Gasteiger partial charge in [0, 0.05) is 22.5 Å². The Balaban J connectivity index is 2.11. The fourth-order valence-electron chi connectivity index (χ4n) is 3.86. The third kappa shape index (κ3) is 2.55. The van der Waals surface area contributed by atoms with Gasteiger partial charge in [-0.1, -0.05) is 42.0 Å². The van der Waals surface area contributed by atoms with E-state index in [0.717, 1.165) is 10.9 Å². The summed E-state index contributed by atoms with van der Waals surface area (Å²) in [6.07, 6.45) is 0. The maximum atomic E-state index is 13.7. The molecule has 1 N–H and O–H groups in total. The van der Waals surface area contributed by atoms with Gasteiger partial charge in [0.2, 0.25) is 5.43 Å². The molecule has 5 nitrogen and oxygen atoms in total. The number of nitrogens with one attached hydrogen (secondary N) is 1. The summed E-state index contributed by atoms with van der Waals surface area (Å²) in [5.74, 6) is 0.661. The molecule has 0 unspecified atom stereocenters. The van der Waals surface area contributed by atoms with Crippen molar-refractivity contribution in [1.82, 2.24) is 9.55 Å². The molecule has 0 aromatic heterocycles. The van der Waals surface area contributed by atoms with Crippen LogP contribution < -0.4 is 15.7 Å². The summed E-state index contributed by atoms with van der Waals surface area (Å²) in [5, 5.41) is 1.97. The van der Waals surface area contributed by atoms with Crippen molar-refractivity contribution in [3.05, 3.63) is 103 Å². The van der Waals surface area contributed by atoms with Gasteiger partial charge < -0.3 is 9.72 Å². The molecular weight excluding hydrogens is 364 g/mol. The van der Waals surface area contributed by atoms with Crippen molar-refractivity contribution in [3.8, 4) is 11.4 Å². The lowest BCUT2D eigenvalue weighted by Gasteiger charge is -2.08. The van der Waals surface area contributed by atoms with Gasteiger partial charge in [0.25, 0.3) is 5.56 Å². The minimum Gasteiger partial charge on any atom is -0.497 e. The molecule has 2 aliphatic rings. The number of aromatic amines is 1. The third-order valence-corrected chi connectivity index (χ3v) is 5.33. The number of fused-ring (bicyclic) bond motifs is 3. The maximum Gasteiger partial charge on any atom is 0.269 e. The number of aromatic nitrogens is 2. The minimum atomic E-state index is -0.346. The highest BCUT2D eigenvalue weighted by Gasteiger charge is 2.14. The normalized spacial score (nSPS) is 11.4. The van der Waals surface area contributed by atoms with Crippen molar-refractivity contribution in [2.24, 2.45) is 0 Å². The van der Waals surface area contributed by atoms with Gasteiger partial charge in [-0.15, -0.1) is 0 Å². The van der Waals surface area contributed by atoms with Crippen LogP contribution in [0.3, 0.4) is 0 Å². The predicted octanol–water partition coefficient (Wildman–Crippen LogP) is 3.87. The van der Waals surface area contributed by atoms with E-state index < -0.39 is 0 Å². The Morgan fingerprint density at radius 3 is 2.34 bits per heavy atom. The molecule has 0 bridgehead atoms. The summed E-state index contributed by atoms with van der Waals surface area (Å²) < 4.78 is 6.97. The first-order valence-electron chi connectivity index (χ1n) is 9.33. The molecular formula is C24H18N2O3. The SMILES string of the molecule is COc1ccc2c(c1)[nH]c1c3ccccc3c(=O)c=1c(=O)n2-c1ccc(C)cc1. The van der Waals surface area contributed by atoms with Crippen LogP contribution in [0.15, 0.2) is 76.3 Å². The van der Waals surface area contributed by atoms with Crippen molar-refractivity contribution < 1.29 is 4.74 Å². The van der Waals surface area contributed by atoms with E-state index in [1.54, 1.807) is 23.8 Å². The molecule has 3 aromatic carbocycles. The number of aryl methyl sites for hydroxylation is 1. The Morgan fingerprint density at radius 1 is 0.897 bits per heavy atom. The van der Waals surface area contributed by atoms with E-state index >= 15 is 0 Å². The first-order valence-corrected chi connectivity index (χ1v) is 9.33. The number of methoxy groups -OCH3 is 1. The minimum absolute atomic E-state index is 0.155. The molecule has 1 aliphatic heterocycles. The van der Waals surface area contributed by atoms with E-state index in [-0.39, 0.29) is 16.2 Å². The fourth-order valence-corrected chi connectivity index (χ4v) is 3.86. The van der Waals surface area contributed by atoms with E-state index in [1.165, 1.54) is 0 Å². The van der Waals surface area contributed by atoms with E-state index in [4.69, 9.17) is 4.74 Å². The number of nitrogens with zero attached hydrogens (tertiary/aromatic N) is 1. The number of ether oxygens (including phenoxy) is 1. The Kier molecular flexibility index (Phi) is 3.77. The summed E-state index contributed by atoms with van der Waals surface area (Å²) in [6.45, 7) is 1.99. The number of hydrogen-bond acceptors (Lipinski definition) is 3. The smallest absolute Gasteiger partial charge is 0.269 e. The molecule has 0 atom stereocenters. The zero-order chi connectivity index (χ0) is 20.1. The van der Waals surface area contributed by atoms with Crippen LogP contribution in [0.4, 0.5) is 0 Å². The molecule has 29 heavy (non-hydrogen) atoms. The van der Waals surface area contributed by atoms with Gasteiger partial charge in [0.15, 0.2) is 0 Å². The summed E-state index contributed by atoms with van der Waals surface area (Å²) in [4.78, 5) is 30.2. The van der Waals surface area contributed by atoms with Gasteiger partial charge in [-0.2, -0.15) is 0 Å². The summed E-state index contributed by atoms with van der Waals surface area (Å²) in [7, 11) is 1.60. The number of hydrogen-bond donors (Lipinski definition) is 1. The van der Waals surface area contributed by atoms with Crippen LogP contribution in [0.25, 0.3) is 27.5 Å². The lowest BCUT2D eigenvalue weighted by atomic mass is 10.2. The van der Waals surface area contributed by atoms with Crippen molar-refractivity contribution in [2.75, 3.05) is 7.11 Å². The lowest BCUT2D eigenvalue weighted by Crippen LogP contribution is -2.21. The standard InChI is InChI=1S/C24H18N2O3/c1-14-7-9-15(10-8-14)26-20-12-11-16(29-2)13-19(20)25-22-17-5-3-4-6-18(17)23(27)21(22)24(26)28/h3-13,25H,1-2H3. The van der Waals surface area contributed by atoms with Gasteiger partial charge in [0.1, 0.15) is 11.0 Å². The van der Waals surface area contributed by atoms with Crippen molar-refractivity contribution in [2.45, 2.75) is 6.92 Å². The first-order chi connectivity index (χ1) is 14.1. The van der Waals surface area contributed by atoms with Gasteiger partial charge in [-0.3, -0.25) is 14.2 Å². The van der Waals surface area contributed by atoms with Crippen LogP contribution in [-0.2, 0) is 0 Å². The summed E-state index contributed by atoms with van der Waals surface area (Å²) >= 11 is 0. The first kappa shape index (κ1) is 17.3. The quantitative estimate of drug-likeness (QED) is 0.504. The van der Waals surface area contributed by atoms with Gasteiger partial charge in [-0.25, -0.2) is 0 Å². The Bertz CT molecular complexity index is 1580. The zero-order valence-electron chi connectivity index (χ0n) is 16.0. The molecule has 0 amide bonds. The molecule has 0 fully saturated rings. The van der Waals surface area contributed by atoms with Gasteiger partial charge >= 0.3 is 0 Å². The second kappa shape index (κ2) is 6.34. The largest absolute Gasteiger partial charge is 0.497 e. The van der Waals surface area contributed by atoms with Gasteiger partial charge in [0.05, 0.1) is 23.5 Å². The average Bonchev–Trinajstić information content (AvgIpc) is 2.94. The number of benzene rings is 3. The lowest BCUT2D eigenvalue weighted by molar-refractivity contribution is 0.415. The zero-order valence-corrected chi connectivity index (χ0v) is 16.0. The summed E-state index contributed by atoms with van der Waals surface area (Å²) in [5.41, 5.74) is 2.55. The Morgan fingerprint density at radius 2 is 1.62 bits per heavy atom. The van der Waals surface area contributed by atoms with Crippen LogP contribution >= 0.6 is 0 Å².